The lowest BCUT2D eigenvalue weighted by Gasteiger charge is -1.98. The van der Waals surface area contributed by atoms with Crippen LogP contribution in [0.1, 0.15) is 40.9 Å². The van der Waals surface area contributed by atoms with Crippen molar-refractivity contribution in [2.24, 2.45) is 0 Å². The molecule has 146 valence electrons. The molecule has 0 aliphatic heterocycles. The summed E-state index contributed by atoms with van der Waals surface area (Å²) in [5, 5.41) is 17.2. The van der Waals surface area contributed by atoms with Crippen LogP contribution in [-0.2, 0) is 6.54 Å². The van der Waals surface area contributed by atoms with E-state index in [9.17, 15) is 9.18 Å². The second-order valence-electron chi connectivity index (χ2n) is 6.76. The van der Waals surface area contributed by atoms with Gasteiger partial charge in [0.1, 0.15) is 17.3 Å². The Labute approximate surface area is 163 Å². The molecule has 1 fully saturated rings. The molecule has 1 saturated carbocycles. The highest BCUT2D eigenvalue weighted by molar-refractivity contribution is 5.93. The number of H-pyrrole nitrogens is 1. The van der Waals surface area contributed by atoms with Crippen molar-refractivity contribution in [3.8, 4) is 22.8 Å². The lowest BCUT2D eigenvalue weighted by molar-refractivity contribution is 0.0941. The van der Waals surface area contributed by atoms with Crippen molar-refractivity contribution in [1.29, 1.82) is 0 Å². The lowest BCUT2D eigenvalue weighted by Crippen LogP contribution is -2.23. The van der Waals surface area contributed by atoms with Crippen LogP contribution < -0.4 is 5.32 Å². The van der Waals surface area contributed by atoms with Crippen molar-refractivity contribution in [2.75, 3.05) is 0 Å². The predicted octanol–water partition coefficient (Wildman–Crippen LogP) is 3.06. The van der Waals surface area contributed by atoms with Gasteiger partial charge in [-0.2, -0.15) is 10.1 Å². The molecule has 0 radical (unpaired) electrons. The third-order valence-corrected chi connectivity index (χ3v) is 4.57. The molecule has 0 atom stereocenters. The van der Waals surface area contributed by atoms with Gasteiger partial charge in [-0.15, -0.1) is 0 Å². The Morgan fingerprint density at radius 1 is 1.14 bits per heavy atom. The van der Waals surface area contributed by atoms with E-state index in [4.69, 9.17) is 9.05 Å². The maximum Gasteiger partial charge on any atom is 0.269 e. The van der Waals surface area contributed by atoms with E-state index >= 15 is 0 Å². The molecule has 5 rings (SSSR count). The van der Waals surface area contributed by atoms with Crippen LogP contribution in [0.5, 0.6) is 0 Å². The second kappa shape index (κ2) is 6.97. The third-order valence-electron chi connectivity index (χ3n) is 4.57. The van der Waals surface area contributed by atoms with E-state index in [0.717, 1.165) is 18.6 Å². The lowest BCUT2D eigenvalue weighted by atomic mass is 10.1. The van der Waals surface area contributed by atoms with E-state index in [1.54, 1.807) is 18.2 Å². The van der Waals surface area contributed by atoms with Crippen molar-refractivity contribution in [2.45, 2.75) is 25.3 Å². The average molecular weight is 394 g/mol. The van der Waals surface area contributed by atoms with Crippen LogP contribution >= 0.6 is 0 Å². The number of carbonyl (C=O) groups is 1. The Morgan fingerprint density at radius 3 is 2.76 bits per heavy atom. The first-order chi connectivity index (χ1) is 14.2. The number of aromatic nitrogens is 5. The van der Waals surface area contributed by atoms with Gasteiger partial charge in [-0.05, 0) is 43.2 Å². The molecule has 0 saturated heterocycles. The fraction of sp³-hybridized carbons (Fsp3) is 0.211. The maximum absolute atomic E-state index is 13.0. The predicted molar refractivity (Wildman–Crippen MR) is 96.9 cm³/mol. The number of aromatic amines is 1. The molecule has 2 N–H and O–H groups in total. The molecule has 10 heteroatoms. The second-order valence-corrected chi connectivity index (χ2v) is 6.76. The van der Waals surface area contributed by atoms with Crippen molar-refractivity contribution in [3.05, 3.63) is 59.6 Å². The minimum atomic E-state index is -0.386. The van der Waals surface area contributed by atoms with Crippen LogP contribution in [0.25, 0.3) is 22.8 Å². The SMILES string of the molecule is O=C(NCc1nc(-c2cc(C3CC3)on2)no1)c1cc(-c2ccc(F)cc2)n[nH]1. The number of hydrogen-bond donors (Lipinski definition) is 2. The normalized spacial score (nSPS) is 13.6. The molecule has 0 unspecified atom stereocenters. The van der Waals surface area contributed by atoms with Crippen LogP contribution in [0.4, 0.5) is 4.39 Å². The molecule has 1 aromatic carbocycles. The highest BCUT2D eigenvalue weighted by atomic mass is 19.1. The van der Waals surface area contributed by atoms with Gasteiger partial charge in [0.2, 0.25) is 11.7 Å². The number of amides is 1. The molecule has 0 bridgehead atoms. The molecular weight excluding hydrogens is 379 g/mol. The molecule has 1 amide bonds. The summed E-state index contributed by atoms with van der Waals surface area (Å²) in [7, 11) is 0. The number of halogens is 1. The van der Waals surface area contributed by atoms with Gasteiger partial charge >= 0.3 is 0 Å². The zero-order valence-electron chi connectivity index (χ0n) is 15.1. The van der Waals surface area contributed by atoms with Gasteiger partial charge in [-0.1, -0.05) is 10.3 Å². The molecule has 3 heterocycles. The molecular formula is C19H15FN6O3. The van der Waals surface area contributed by atoms with Gasteiger partial charge in [0, 0.05) is 17.5 Å². The summed E-state index contributed by atoms with van der Waals surface area (Å²) in [5.74, 6) is 1.10. The highest BCUT2D eigenvalue weighted by Crippen LogP contribution is 2.40. The van der Waals surface area contributed by atoms with E-state index < -0.39 is 0 Å². The molecule has 9 nitrogen and oxygen atoms in total. The van der Waals surface area contributed by atoms with Gasteiger partial charge in [0.05, 0.1) is 12.2 Å². The standard InChI is InChI=1S/C19H15FN6O3/c20-12-5-3-10(4-6-12)13-7-15(24-23-13)19(27)21-9-17-22-18(26-29-17)14-8-16(28-25-14)11-1-2-11/h3-8,11H,1-2,9H2,(H,21,27)(H,23,24). The van der Waals surface area contributed by atoms with E-state index in [1.807, 2.05) is 6.07 Å². The first kappa shape index (κ1) is 17.3. The number of carbonyl (C=O) groups excluding carboxylic acids is 1. The Bertz CT molecular complexity index is 1160. The molecule has 0 spiro atoms. The van der Waals surface area contributed by atoms with Crippen molar-refractivity contribution >= 4 is 5.91 Å². The van der Waals surface area contributed by atoms with Gasteiger partial charge in [-0.25, -0.2) is 4.39 Å². The molecule has 3 aromatic heterocycles. The summed E-state index contributed by atoms with van der Waals surface area (Å²) < 4.78 is 23.5. The molecule has 1 aliphatic carbocycles. The van der Waals surface area contributed by atoms with E-state index in [2.05, 4.69) is 30.8 Å². The van der Waals surface area contributed by atoms with Crippen LogP contribution in [0.15, 0.2) is 45.4 Å². The van der Waals surface area contributed by atoms with Crippen LogP contribution in [-0.4, -0.2) is 31.4 Å². The monoisotopic (exact) mass is 394 g/mol. The highest BCUT2D eigenvalue weighted by Gasteiger charge is 2.28. The smallest absolute Gasteiger partial charge is 0.269 e. The average Bonchev–Trinajstić information content (AvgIpc) is 3.16. The number of rotatable bonds is 6. The van der Waals surface area contributed by atoms with Gasteiger partial charge < -0.3 is 14.4 Å². The minimum absolute atomic E-state index is 0.0457. The van der Waals surface area contributed by atoms with Crippen LogP contribution in [0.3, 0.4) is 0 Å². The number of hydrogen-bond acceptors (Lipinski definition) is 7. The zero-order chi connectivity index (χ0) is 19.8. The fourth-order valence-corrected chi connectivity index (χ4v) is 2.84. The molecule has 29 heavy (non-hydrogen) atoms. The summed E-state index contributed by atoms with van der Waals surface area (Å²) in [6, 6.07) is 9.24. The molecule has 4 aromatic rings. The van der Waals surface area contributed by atoms with Gasteiger partial charge in [0.15, 0.2) is 5.69 Å². The van der Waals surface area contributed by atoms with Crippen LogP contribution in [0, 0.1) is 5.82 Å². The quantitative estimate of drug-likeness (QED) is 0.515. The van der Waals surface area contributed by atoms with Gasteiger partial charge in [0.25, 0.3) is 5.91 Å². The summed E-state index contributed by atoms with van der Waals surface area (Å²) in [4.78, 5) is 16.5. The molecule has 1 aliphatic rings. The Hall–Kier alpha value is -3.82. The number of benzene rings is 1. The maximum atomic E-state index is 13.0. The van der Waals surface area contributed by atoms with Crippen molar-refractivity contribution in [3.63, 3.8) is 0 Å². The summed E-state index contributed by atoms with van der Waals surface area (Å²) in [6.45, 7) is 0.0457. The fourth-order valence-electron chi connectivity index (χ4n) is 2.84. The van der Waals surface area contributed by atoms with Crippen molar-refractivity contribution < 1.29 is 18.2 Å². The number of nitrogens with one attached hydrogen (secondary N) is 2. The first-order valence-electron chi connectivity index (χ1n) is 9.05. The topological polar surface area (TPSA) is 123 Å². The van der Waals surface area contributed by atoms with Gasteiger partial charge in [-0.3, -0.25) is 9.89 Å². The summed E-state index contributed by atoms with van der Waals surface area (Å²) in [6.07, 6.45) is 2.21. The summed E-state index contributed by atoms with van der Waals surface area (Å²) in [5.41, 5.74) is 1.99. The van der Waals surface area contributed by atoms with Crippen molar-refractivity contribution in [1.82, 2.24) is 30.8 Å². The van der Waals surface area contributed by atoms with E-state index in [-0.39, 0.29) is 29.9 Å². The minimum Gasteiger partial charge on any atom is -0.360 e. The largest absolute Gasteiger partial charge is 0.360 e. The zero-order valence-corrected chi connectivity index (χ0v) is 15.1. The number of nitrogens with zero attached hydrogens (tertiary/aromatic N) is 4. The Kier molecular flexibility index (Phi) is 4.15. The van der Waals surface area contributed by atoms with Crippen LogP contribution in [0.2, 0.25) is 0 Å². The van der Waals surface area contributed by atoms with E-state index in [0.29, 0.717) is 28.7 Å². The summed E-state index contributed by atoms with van der Waals surface area (Å²) >= 11 is 0. The first-order valence-corrected chi connectivity index (χ1v) is 9.05. The Balaban J connectivity index is 1.22. The Morgan fingerprint density at radius 2 is 1.97 bits per heavy atom. The third kappa shape index (κ3) is 3.64. The van der Waals surface area contributed by atoms with E-state index in [1.165, 1.54) is 12.1 Å².